The molecular formula is C38H25N3. The molecule has 6 aromatic carbocycles. The molecule has 3 heteroatoms. The van der Waals surface area contributed by atoms with Crippen molar-refractivity contribution in [2.24, 2.45) is 0 Å². The first-order chi connectivity index (χ1) is 20.3. The maximum absolute atomic E-state index is 5.24. The Morgan fingerprint density at radius 3 is 1.76 bits per heavy atom. The summed E-state index contributed by atoms with van der Waals surface area (Å²) in [4.78, 5) is 10.3. The van der Waals surface area contributed by atoms with E-state index in [9.17, 15) is 0 Å². The van der Waals surface area contributed by atoms with Gasteiger partial charge in [0.25, 0.3) is 0 Å². The number of benzene rings is 6. The molecule has 0 fully saturated rings. The van der Waals surface area contributed by atoms with Gasteiger partial charge in [-0.25, -0.2) is 9.97 Å². The van der Waals surface area contributed by atoms with E-state index >= 15 is 0 Å². The molecule has 0 aliphatic rings. The summed E-state index contributed by atoms with van der Waals surface area (Å²) in [5, 5.41) is 4.85. The van der Waals surface area contributed by atoms with Crippen LogP contribution in [0.3, 0.4) is 0 Å². The van der Waals surface area contributed by atoms with E-state index in [1.165, 1.54) is 32.7 Å². The highest BCUT2D eigenvalue weighted by molar-refractivity contribution is 6.21. The third-order valence-corrected chi connectivity index (χ3v) is 7.79. The van der Waals surface area contributed by atoms with E-state index in [1.807, 2.05) is 24.3 Å². The molecule has 0 amide bonds. The summed E-state index contributed by atoms with van der Waals surface area (Å²) < 4.78 is 2.33. The Hall–Kier alpha value is -5.54. The van der Waals surface area contributed by atoms with Crippen molar-refractivity contribution >= 4 is 32.6 Å². The molecule has 0 N–H and O–H groups in total. The molecule has 2 aromatic heterocycles. The Morgan fingerprint density at radius 1 is 0.439 bits per heavy atom. The van der Waals surface area contributed by atoms with Gasteiger partial charge in [0.2, 0.25) is 0 Å². The molecule has 2 heterocycles. The van der Waals surface area contributed by atoms with Crippen molar-refractivity contribution < 1.29 is 0 Å². The molecule has 8 rings (SSSR count). The lowest BCUT2D eigenvalue weighted by Crippen LogP contribution is -2.03. The first-order valence-corrected chi connectivity index (χ1v) is 13.9. The zero-order chi connectivity index (χ0) is 27.2. The van der Waals surface area contributed by atoms with Gasteiger partial charge in [-0.2, -0.15) is 0 Å². The zero-order valence-corrected chi connectivity index (χ0v) is 22.3. The van der Waals surface area contributed by atoms with Crippen LogP contribution in [0.4, 0.5) is 0 Å². The summed E-state index contributed by atoms with van der Waals surface area (Å²) in [7, 11) is 0. The predicted molar refractivity (Wildman–Crippen MR) is 170 cm³/mol. The van der Waals surface area contributed by atoms with Crippen LogP contribution in [0.1, 0.15) is 0 Å². The molecule has 0 aliphatic carbocycles. The molecule has 0 spiro atoms. The van der Waals surface area contributed by atoms with Crippen molar-refractivity contribution in [2.75, 3.05) is 0 Å². The molecular weight excluding hydrogens is 498 g/mol. The van der Waals surface area contributed by atoms with E-state index in [4.69, 9.17) is 9.97 Å². The highest BCUT2D eigenvalue weighted by atomic mass is 15.1. The van der Waals surface area contributed by atoms with Crippen LogP contribution in [0.25, 0.3) is 72.2 Å². The zero-order valence-electron chi connectivity index (χ0n) is 22.3. The second-order valence-electron chi connectivity index (χ2n) is 10.3. The summed E-state index contributed by atoms with van der Waals surface area (Å²) in [6.45, 7) is 0. The van der Waals surface area contributed by atoms with Crippen molar-refractivity contribution in [3.8, 4) is 39.6 Å². The maximum Gasteiger partial charge on any atom is 0.162 e. The summed E-state index contributed by atoms with van der Waals surface area (Å²) in [6.07, 6.45) is 0. The molecule has 3 nitrogen and oxygen atoms in total. The number of hydrogen-bond donors (Lipinski definition) is 0. The van der Waals surface area contributed by atoms with Gasteiger partial charge in [0, 0.05) is 33.5 Å². The van der Waals surface area contributed by atoms with Crippen LogP contribution in [0.15, 0.2) is 152 Å². The predicted octanol–water partition coefficient (Wildman–Crippen LogP) is 9.73. The Morgan fingerprint density at radius 2 is 1.02 bits per heavy atom. The summed E-state index contributed by atoms with van der Waals surface area (Å²) >= 11 is 0. The summed E-state index contributed by atoms with van der Waals surface area (Å²) in [5.41, 5.74) is 7.58. The maximum atomic E-state index is 5.24. The third-order valence-electron chi connectivity index (χ3n) is 7.79. The molecule has 192 valence electrons. The molecule has 0 unspecified atom stereocenters. The minimum Gasteiger partial charge on any atom is -0.293 e. The molecule has 0 atom stereocenters. The second-order valence-corrected chi connectivity index (χ2v) is 10.3. The van der Waals surface area contributed by atoms with E-state index in [-0.39, 0.29) is 0 Å². The molecule has 8 aromatic rings. The Balaban J connectivity index is 1.55. The van der Waals surface area contributed by atoms with Gasteiger partial charge in [0.05, 0.1) is 16.7 Å². The number of para-hydroxylation sites is 1. The fourth-order valence-electron chi connectivity index (χ4n) is 5.95. The van der Waals surface area contributed by atoms with Gasteiger partial charge in [-0.15, -0.1) is 0 Å². The lowest BCUT2D eigenvalue weighted by atomic mass is 9.95. The average molecular weight is 524 g/mol. The van der Waals surface area contributed by atoms with Crippen molar-refractivity contribution in [1.29, 1.82) is 0 Å². The van der Waals surface area contributed by atoms with Crippen LogP contribution in [0.5, 0.6) is 0 Å². The van der Waals surface area contributed by atoms with Crippen LogP contribution in [-0.2, 0) is 0 Å². The van der Waals surface area contributed by atoms with Crippen LogP contribution < -0.4 is 0 Å². The van der Waals surface area contributed by atoms with E-state index in [2.05, 4.69) is 132 Å². The highest BCUT2D eigenvalue weighted by Gasteiger charge is 2.21. The van der Waals surface area contributed by atoms with Crippen LogP contribution in [-0.4, -0.2) is 14.5 Å². The van der Waals surface area contributed by atoms with Crippen LogP contribution in [0.2, 0.25) is 0 Å². The fraction of sp³-hybridized carbons (Fsp3) is 0. The molecule has 0 bridgehead atoms. The largest absolute Gasteiger partial charge is 0.293 e. The Labute approximate surface area is 238 Å². The van der Waals surface area contributed by atoms with E-state index in [1.54, 1.807) is 0 Å². The van der Waals surface area contributed by atoms with Crippen LogP contribution >= 0.6 is 0 Å². The Bertz CT molecular complexity index is 2120. The fourth-order valence-corrected chi connectivity index (χ4v) is 5.95. The standard InChI is InChI=1S/C38H25N3/c1-4-14-26(15-5-1)33-25-35(40-38(39-33)28-18-8-3-9-19-28)41-34-23-13-12-22-31(34)32-24-29-20-10-11-21-30(29)36(37(32)41)27-16-6-2-7-17-27/h1-25H. The normalized spacial score (nSPS) is 11.4. The van der Waals surface area contributed by atoms with Gasteiger partial charge in [0.1, 0.15) is 5.82 Å². The number of rotatable bonds is 4. The molecule has 0 radical (unpaired) electrons. The van der Waals surface area contributed by atoms with E-state index < -0.39 is 0 Å². The van der Waals surface area contributed by atoms with Gasteiger partial charge >= 0.3 is 0 Å². The Kier molecular flexibility index (Phi) is 5.46. The van der Waals surface area contributed by atoms with Crippen molar-refractivity contribution in [3.05, 3.63) is 152 Å². The van der Waals surface area contributed by atoms with Gasteiger partial charge in [-0.3, -0.25) is 4.57 Å². The lowest BCUT2D eigenvalue weighted by Gasteiger charge is -2.15. The molecule has 41 heavy (non-hydrogen) atoms. The highest BCUT2D eigenvalue weighted by Crippen LogP contribution is 2.42. The third kappa shape index (κ3) is 3.90. The van der Waals surface area contributed by atoms with E-state index in [0.29, 0.717) is 5.82 Å². The monoisotopic (exact) mass is 523 g/mol. The topological polar surface area (TPSA) is 30.7 Å². The second kappa shape index (κ2) is 9.58. The summed E-state index contributed by atoms with van der Waals surface area (Å²) in [6, 6.07) is 53.1. The van der Waals surface area contributed by atoms with Crippen molar-refractivity contribution in [3.63, 3.8) is 0 Å². The van der Waals surface area contributed by atoms with Crippen molar-refractivity contribution in [1.82, 2.24) is 14.5 Å². The van der Waals surface area contributed by atoms with Crippen LogP contribution in [0, 0.1) is 0 Å². The van der Waals surface area contributed by atoms with E-state index in [0.717, 1.165) is 33.7 Å². The SMILES string of the molecule is c1ccc(-c2cc(-n3c4ccccc4c4cc5ccccc5c(-c5ccccc5)c43)nc(-c3ccccc3)n2)cc1. The molecule has 0 saturated heterocycles. The molecule has 0 saturated carbocycles. The van der Waals surface area contributed by atoms with Gasteiger partial charge in [-0.05, 0) is 28.5 Å². The summed E-state index contributed by atoms with van der Waals surface area (Å²) in [5.74, 6) is 1.55. The van der Waals surface area contributed by atoms with Gasteiger partial charge in [0.15, 0.2) is 5.82 Å². The van der Waals surface area contributed by atoms with Gasteiger partial charge in [-0.1, -0.05) is 133 Å². The van der Waals surface area contributed by atoms with Gasteiger partial charge < -0.3 is 0 Å². The number of fused-ring (bicyclic) bond motifs is 4. The number of aromatic nitrogens is 3. The van der Waals surface area contributed by atoms with Crippen molar-refractivity contribution in [2.45, 2.75) is 0 Å². The smallest absolute Gasteiger partial charge is 0.162 e. The number of hydrogen-bond acceptors (Lipinski definition) is 2. The quantitative estimate of drug-likeness (QED) is 0.230. The average Bonchev–Trinajstić information content (AvgIpc) is 3.38. The minimum absolute atomic E-state index is 0.704. The molecule has 0 aliphatic heterocycles. The lowest BCUT2D eigenvalue weighted by molar-refractivity contribution is 1.05. The first kappa shape index (κ1) is 23.4. The number of nitrogens with zero attached hydrogens (tertiary/aromatic N) is 3. The first-order valence-electron chi connectivity index (χ1n) is 13.9. The minimum atomic E-state index is 0.704.